The summed E-state index contributed by atoms with van der Waals surface area (Å²) in [6.45, 7) is -0.343. The highest BCUT2D eigenvalue weighted by molar-refractivity contribution is 4.67. The number of rotatable bonds is 4. The largest absolute Gasteiger partial charge is 0.401 e. The minimum Gasteiger partial charge on any atom is -0.309 e. The summed E-state index contributed by atoms with van der Waals surface area (Å²) in [7, 11) is 0. The highest BCUT2D eigenvalue weighted by Gasteiger charge is 2.26. The van der Waals surface area contributed by atoms with Crippen molar-refractivity contribution in [2.75, 3.05) is 13.1 Å². The molecule has 0 aromatic rings. The van der Waals surface area contributed by atoms with Crippen LogP contribution < -0.4 is 5.32 Å². The fraction of sp³-hybridized carbons (Fsp3) is 1.00. The third kappa shape index (κ3) is 5.47. The Morgan fingerprint density at radius 2 is 1.71 bits per heavy atom. The Hall–Kier alpha value is -0.250. The molecule has 0 aromatic carbocycles. The maximum Gasteiger partial charge on any atom is 0.401 e. The molecule has 1 saturated carbocycles. The monoisotopic (exact) mass is 209 g/mol. The third-order valence-electron chi connectivity index (χ3n) is 2.78. The van der Waals surface area contributed by atoms with Gasteiger partial charge in [-0.25, -0.2) is 0 Å². The Bertz CT molecular complexity index is 150. The lowest BCUT2D eigenvalue weighted by Crippen LogP contribution is -2.30. The summed E-state index contributed by atoms with van der Waals surface area (Å²) >= 11 is 0. The molecule has 0 heterocycles. The number of halogens is 3. The van der Waals surface area contributed by atoms with E-state index in [-0.39, 0.29) is 0 Å². The summed E-state index contributed by atoms with van der Waals surface area (Å²) in [5.41, 5.74) is 0. The normalized spacial score (nSPS) is 19.9. The van der Waals surface area contributed by atoms with Crippen molar-refractivity contribution in [1.29, 1.82) is 0 Å². The molecule has 14 heavy (non-hydrogen) atoms. The molecule has 0 bridgehead atoms. The van der Waals surface area contributed by atoms with Crippen LogP contribution in [0.5, 0.6) is 0 Å². The Morgan fingerprint density at radius 3 is 2.29 bits per heavy atom. The van der Waals surface area contributed by atoms with Gasteiger partial charge in [-0.2, -0.15) is 13.2 Å². The van der Waals surface area contributed by atoms with Gasteiger partial charge in [0.2, 0.25) is 0 Å². The van der Waals surface area contributed by atoms with E-state index in [1.165, 1.54) is 32.1 Å². The maximum atomic E-state index is 11.8. The predicted molar refractivity (Wildman–Crippen MR) is 50.1 cm³/mol. The summed E-state index contributed by atoms with van der Waals surface area (Å²) in [5.74, 6) is 0.657. The summed E-state index contributed by atoms with van der Waals surface area (Å²) in [4.78, 5) is 0. The molecular formula is C10H18F3N. The molecule has 0 aromatic heterocycles. The minimum absolute atomic E-state index is 0.504. The molecule has 0 unspecified atom stereocenters. The zero-order valence-electron chi connectivity index (χ0n) is 8.37. The maximum absolute atomic E-state index is 11.8. The van der Waals surface area contributed by atoms with E-state index in [1.807, 2.05) is 0 Å². The van der Waals surface area contributed by atoms with E-state index in [0.717, 1.165) is 6.42 Å². The zero-order chi connectivity index (χ0) is 10.4. The molecule has 4 heteroatoms. The van der Waals surface area contributed by atoms with Gasteiger partial charge in [0.05, 0.1) is 6.54 Å². The molecule has 1 nitrogen and oxygen atoms in total. The summed E-state index contributed by atoms with van der Waals surface area (Å²) < 4.78 is 35.3. The van der Waals surface area contributed by atoms with E-state index in [2.05, 4.69) is 5.32 Å². The smallest absolute Gasteiger partial charge is 0.309 e. The van der Waals surface area contributed by atoms with Crippen molar-refractivity contribution >= 4 is 0 Å². The van der Waals surface area contributed by atoms with Gasteiger partial charge in [0, 0.05) is 0 Å². The van der Waals surface area contributed by atoms with E-state index in [9.17, 15) is 13.2 Å². The Labute approximate surface area is 83.1 Å². The van der Waals surface area contributed by atoms with Crippen LogP contribution in [0, 0.1) is 5.92 Å². The van der Waals surface area contributed by atoms with Gasteiger partial charge in [0.25, 0.3) is 0 Å². The van der Waals surface area contributed by atoms with Gasteiger partial charge in [-0.1, -0.05) is 32.1 Å². The first kappa shape index (κ1) is 11.8. The standard InChI is InChI=1S/C10H18F3N/c11-10(12,13)8-14-7-6-9-4-2-1-3-5-9/h9,14H,1-8H2. The van der Waals surface area contributed by atoms with Crippen molar-refractivity contribution < 1.29 is 13.2 Å². The Morgan fingerprint density at radius 1 is 1.07 bits per heavy atom. The van der Waals surface area contributed by atoms with Crippen LogP contribution in [-0.4, -0.2) is 19.3 Å². The molecule has 84 valence electrons. The van der Waals surface area contributed by atoms with Crippen molar-refractivity contribution in [3.05, 3.63) is 0 Å². The topological polar surface area (TPSA) is 12.0 Å². The molecule has 0 aliphatic heterocycles. The van der Waals surface area contributed by atoms with Crippen LogP contribution in [0.1, 0.15) is 38.5 Å². The van der Waals surface area contributed by atoms with Gasteiger partial charge < -0.3 is 5.32 Å². The number of hydrogen-bond acceptors (Lipinski definition) is 1. The van der Waals surface area contributed by atoms with E-state index in [1.54, 1.807) is 0 Å². The quantitative estimate of drug-likeness (QED) is 0.701. The highest BCUT2D eigenvalue weighted by Crippen LogP contribution is 2.25. The molecule has 1 rings (SSSR count). The van der Waals surface area contributed by atoms with E-state index in [0.29, 0.717) is 12.5 Å². The average Bonchev–Trinajstić information content (AvgIpc) is 2.13. The van der Waals surface area contributed by atoms with Crippen LogP contribution in [0.3, 0.4) is 0 Å². The van der Waals surface area contributed by atoms with E-state index < -0.39 is 12.7 Å². The SMILES string of the molecule is FC(F)(F)CNCCC1CCCCC1. The molecule has 0 spiro atoms. The van der Waals surface area contributed by atoms with Crippen LogP contribution in [0.15, 0.2) is 0 Å². The minimum atomic E-state index is -4.06. The average molecular weight is 209 g/mol. The second-order valence-corrected chi connectivity index (χ2v) is 4.08. The summed E-state index contributed by atoms with van der Waals surface area (Å²) in [5, 5.41) is 2.45. The Kier molecular flexibility index (Phi) is 4.72. The lowest BCUT2D eigenvalue weighted by Gasteiger charge is -2.21. The van der Waals surface area contributed by atoms with Crippen molar-refractivity contribution in [1.82, 2.24) is 5.32 Å². The number of alkyl halides is 3. The van der Waals surface area contributed by atoms with Gasteiger partial charge in [-0.05, 0) is 18.9 Å². The van der Waals surface area contributed by atoms with Gasteiger partial charge in [0.15, 0.2) is 0 Å². The van der Waals surface area contributed by atoms with Crippen molar-refractivity contribution in [3.63, 3.8) is 0 Å². The fourth-order valence-corrected chi connectivity index (χ4v) is 2.01. The van der Waals surface area contributed by atoms with Crippen LogP contribution in [0.4, 0.5) is 13.2 Å². The second-order valence-electron chi connectivity index (χ2n) is 4.08. The molecule has 1 aliphatic rings. The van der Waals surface area contributed by atoms with Crippen LogP contribution in [-0.2, 0) is 0 Å². The molecule has 0 atom stereocenters. The van der Waals surface area contributed by atoms with E-state index >= 15 is 0 Å². The molecule has 0 saturated heterocycles. The van der Waals surface area contributed by atoms with Gasteiger partial charge in [0.1, 0.15) is 0 Å². The van der Waals surface area contributed by atoms with Crippen molar-refractivity contribution in [2.45, 2.75) is 44.7 Å². The number of hydrogen-bond donors (Lipinski definition) is 1. The molecule has 1 aliphatic carbocycles. The van der Waals surface area contributed by atoms with Gasteiger partial charge in [-0.15, -0.1) is 0 Å². The van der Waals surface area contributed by atoms with Gasteiger partial charge in [-0.3, -0.25) is 0 Å². The van der Waals surface area contributed by atoms with Gasteiger partial charge >= 0.3 is 6.18 Å². The van der Waals surface area contributed by atoms with Crippen LogP contribution in [0.25, 0.3) is 0 Å². The van der Waals surface area contributed by atoms with Crippen molar-refractivity contribution in [3.8, 4) is 0 Å². The third-order valence-corrected chi connectivity index (χ3v) is 2.78. The number of nitrogens with one attached hydrogen (secondary N) is 1. The lowest BCUT2D eigenvalue weighted by molar-refractivity contribution is -0.124. The summed E-state index contributed by atoms with van der Waals surface area (Å²) in [6, 6.07) is 0. The molecule has 1 N–H and O–H groups in total. The molecule has 0 amide bonds. The Balaban J connectivity index is 1.97. The first-order valence-electron chi connectivity index (χ1n) is 5.35. The molecular weight excluding hydrogens is 191 g/mol. The first-order chi connectivity index (χ1) is 6.58. The second kappa shape index (κ2) is 5.59. The highest BCUT2D eigenvalue weighted by atomic mass is 19.4. The fourth-order valence-electron chi connectivity index (χ4n) is 2.01. The zero-order valence-corrected chi connectivity index (χ0v) is 8.37. The lowest BCUT2D eigenvalue weighted by atomic mass is 9.87. The van der Waals surface area contributed by atoms with E-state index in [4.69, 9.17) is 0 Å². The predicted octanol–water partition coefficient (Wildman–Crippen LogP) is 3.11. The summed E-state index contributed by atoms with van der Waals surface area (Å²) in [6.07, 6.45) is 3.05. The van der Waals surface area contributed by atoms with Crippen molar-refractivity contribution in [2.24, 2.45) is 5.92 Å². The van der Waals surface area contributed by atoms with Crippen LogP contribution >= 0.6 is 0 Å². The molecule has 0 radical (unpaired) electrons. The molecule has 1 fully saturated rings. The first-order valence-corrected chi connectivity index (χ1v) is 5.35. The van der Waals surface area contributed by atoms with Crippen LogP contribution in [0.2, 0.25) is 0 Å².